The van der Waals surface area contributed by atoms with Gasteiger partial charge in [-0.05, 0) is 54.8 Å². The minimum Gasteiger partial charge on any atom is -0.394 e. The van der Waals surface area contributed by atoms with Gasteiger partial charge in [0.1, 0.15) is 5.82 Å². The van der Waals surface area contributed by atoms with Crippen LogP contribution in [0.2, 0.25) is 0 Å². The molecule has 0 aliphatic carbocycles. The SMILES string of the molecule is CCC(CO)(Nc1cc(C)cc(F)c1)c1ccc(Br)cc1. The highest BCUT2D eigenvalue weighted by Gasteiger charge is 2.29. The van der Waals surface area contributed by atoms with Gasteiger partial charge >= 0.3 is 0 Å². The lowest BCUT2D eigenvalue weighted by Crippen LogP contribution is -2.38. The molecule has 0 aromatic heterocycles. The molecule has 21 heavy (non-hydrogen) atoms. The van der Waals surface area contributed by atoms with Crippen LogP contribution in [0, 0.1) is 12.7 Å². The topological polar surface area (TPSA) is 32.3 Å². The summed E-state index contributed by atoms with van der Waals surface area (Å²) >= 11 is 3.41. The van der Waals surface area contributed by atoms with E-state index in [0.29, 0.717) is 12.1 Å². The Hall–Kier alpha value is -1.39. The lowest BCUT2D eigenvalue weighted by molar-refractivity contribution is 0.207. The summed E-state index contributed by atoms with van der Waals surface area (Å²) in [4.78, 5) is 0. The number of halogens is 2. The van der Waals surface area contributed by atoms with E-state index in [-0.39, 0.29) is 12.4 Å². The molecule has 2 rings (SSSR count). The van der Waals surface area contributed by atoms with Crippen molar-refractivity contribution >= 4 is 21.6 Å². The zero-order chi connectivity index (χ0) is 15.5. The fourth-order valence-electron chi connectivity index (χ4n) is 2.46. The average molecular weight is 352 g/mol. The van der Waals surface area contributed by atoms with Crippen LogP contribution in [0.25, 0.3) is 0 Å². The Kier molecular flexibility index (Phi) is 5.01. The van der Waals surface area contributed by atoms with Gasteiger partial charge in [-0.25, -0.2) is 4.39 Å². The third-order valence-electron chi connectivity index (χ3n) is 3.70. The second kappa shape index (κ2) is 6.58. The quantitative estimate of drug-likeness (QED) is 0.824. The van der Waals surface area contributed by atoms with E-state index in [1.807, 2.05) is 44.2 Å². The monoisotopic (exact) mass is 351 g/mol. The number of rotatable bonds is 5. The summed E-state index contributed by atoms with van der Waals surface area (Å²) in [7, 11) is 0. The van der Waals surface area contributed by atoms with Gasteiger partial charge in [0, 0.05) is 10.2 Å². The first-order valence-electron chi connectivity index (χ1n) is 6.91. The van der Waals surface area contributed by atoms with Crippen LogP contribution in [0.15, 0.2) is 46.9 Å². The van der Waals surface area contributed by atoms with Crippen LogP contribution in [0.1, 0.15) is 24.5 Å². The maximum atomic E-state index is 13.6. The van der Waals surface area contributed by atoms with Gasteiger partial charge in [0.15, 0.2) is 0 Å². The van der Waals surface area contributed by atoms with Crippen LogP contribution < -0.4 is 5.32 Å². The van der Waals surface area contributed by atoms with E-state index in [0.717, 1.165) is 15.6 Å². The molecule has 0 saturated carbocycles. The first-order valence-corrected chi connectivity index (χ1v) is 7.70. The molecule has 2 N–H and O–H groups in total. The molecule has 0 radical (unpaired) electrons. The van der Waals surface area contributed by atoms with Crippen LogP contribution >= 0.6 is 15.9 Å². The van der Waals surface area contributed by atoms with Crippen molar-refractivity contribution in [2.75, 3.05) is 11.9 Å². The maximum Gasteiger partial charge on any atom is 0.125 e. The van der Waals surface area contributed by atoms with E-state index in [1.165, 1.54) is 12.1 Å². The molecule has 0 fully saturated rings. The summed E-state index contributed by atoms with van der Waals surface area (Å²) in [5.74, 6) is -0.281. The number of aryl methyl sites for hydroxylation is 1. The molecule has 0 amide bonds. The predicted octanol–water partition coefficient (Wildman–Crippen LogP) is 4.61. The number of anilines is 1. The average Bonchev–Trinajstić information content (AvgIpc) is 2.45. The van der Waals surface area contributed by atoms with Crippen LogP contribution in [0.3, 0.4) is 0 Å². The third-order valence-corrected chi connectivity index (χ3v) is 4.22. The molecule has 0 heterocycles. The summed E-state index contributed by atoms with van der Waals surface area (Å²) in [6.07, 6.45) is 0.681. The molecule has 1 unspecified atom stereocenters. The normalized spacial score (nSPS) is 13.8. The van der Waals surface area contributed by atoms with Gasteiger partial charge in [0.25, 0.3) is 0 Å². The smallest absolute Gasteiger partial charge is 0.125 e. The molecule has 2 nitrogen and oxygen atoms in total. The fraction of sp³-hybridized carbons (Fsp3) is 0.294. The van der Waals surface area contributed by atoms with Crippen LogP contribution in [-0.4, -0.2) is 11.7 Å². The minimum atomic E-state index is -0.624. The largest absolute Gasteiger partial charge is 0.394 e. The maximum absolute atomic E-state index is 13.6. The van der Waals surface area contributed by atoms with Crippen molar-refractivity contribution < 1.29 is 9.50 Å². The number of hydrogen-bond acceptors (Lipinski definition) is 2. The van der Waals surface area contributed by atoms with Crippen molar-refractivity contribution in [3.05, 3.63) is 63.9 Å². The highest BCUT2D eigenvalue weighted by Crippen LogP contribution is 2.31. The van der Waals surface area contributed by atoms with Gasteiger partial charge < -0.3 is 10.4 Å². The third kappa shape index (κ3) is 3.63. The summed E-state index contributed by atoms with van der Waals surface area (Å²) in [5, 5.41) is 13.2. The first-order chi connectivity index (χ1) is 9.99. The number of benzene rings is 2. The van der Waals surface area contributed by atoms with Gasteiger partial charge in [-0.3, -0.25) is 0 Å². The van der Waals surface area contributed by atoms with Crippen LogP contribution in [0.5, 0.6) is 0 Å². The molecule has 0 bridgehead atoms. The van der Waals surface area contributed by atoms with Crippen molar-refractivity contribution in [3.8, 4) is 0 Å². The van der Waals surface area contributed by atoms with Gasteiger partial charge in [0.2, 0.25) is 0 Å². The van der Waals surface area contributed by atoms with Crippen molar-refractivity contribution in [1.82, 2.24) is 0 Å². The molecule has 0 aliphatic heterocycles. The van der Waals surface area contributed by atoms with Crippen molar-refractivity contribution in [2.24, 2.45) is 0 Å². The molecule has 0 saturated heterocycles. The van der Waals surface area contributed by atoms with E-state index in [2.05, 4.69) is 21.2 Å². The van der Waals surface area contributed by atoms with Crippen LogP contribution in [-0.2, 0) is 5.54 Å². The van der Waals surface area contributed by atoms with Gasteiger partial charge in [-0.1, -0.05) is 35.0 Å². The van der Waals surface area contributed by atoms with Gasteiger partial charge in [-0.2, -0.15) is 0 Å². The van der Waals surface area contributed by atoms with Crippen molar-refractivity contribution in [3.63, 3.8) is 0 Å². The zero-order valence-corrected chi connectivity index (χ0v) is 13.7. The number of hydrogen-bond donors (Lipinski definition) is 2. The second-order valence-electron chi connectivity index (χ2n) is 5.24. The van der Waals surface area contributed by atoms with E-state index >= 15 is 0 Å². The summed E-state index contributed by atoms with van der Waals surface area (Å²) in [6.45, 7) is 3.78. The molecule has 2 aromatic rings. The van der Waals surface area contributed by atoms with Crippen molar-refractivity contribution in [1.29, 1.82) is 0 Å². The molecule has 112 valence electrons. The summed E-state index contributed by atoms with van der Waals surface area (Å²) in [6, 6.07) is 12.6. The first kappa shape index (κ1) is 16.0. The summed E-state index contributed by atoms with van der Waals surface area (Å²) < 4.78 is 14.5. The van der Waals surface area contributed by atoms with E-state index < -0.39 is 5.54 Å². The fourth-order valence-corrected chi connectivity index (χ4v) is 2.73. The zero-order valence-electron chi connectivity index (χ0n) is 12.2. The Morgan fingerprint density at radius 1 is 1.19 bits per heavy atom. The highest BCUT2D eigenvalue weighted by atomic mass is 79.9. The Morgan fingerprint density at radius 3 is 2.38 bits per heavy atom. The van der Waals surface area contributed by atoms with E-state index in [4.69, 9.17) is 0 Å². The van der Waals surface area contributed by atoms with Crippen LogP contribution in [0.4, 0.5) is 10.1 Å². The minimum absolute atomic E-state index is 0.0688. The molecule has 2 aromatic carbocycles. The Balaban J connectivity index is 2.40. The lowest BCUT2D eigenvalue weighted by Gasteiger charge is -2.34. The molecule has 4 heteroatoms. The predicted molar refractivity (Wildman–Crippen MR) is 88.0 cm³/mol. The lowest BCUT2D eigenvalue weighted by atomic mass is 9.87. The van der Waals surface area contributed by atoms with Gasteiger partial charge in [0.05, 0.1) is 12.1 Å². The molecule has 0 aliphatic rings. The number of nitrogens with one attached hydrogen (secondary N) is 1. The van der Waals surface area contributed by atoms with Gasteiger partial charge in [-0.15, -0.1) is 0 Å². The molecule has 1 atom stereocenters. The van der Waals surface area contributed by atoms with Crippen molar-refractivity contribution in [2.45, 2.75) is 25.8 Å². The number of aliphatic hydroxyl groups excluding tert-OH is 1. The standard InChI is InChI=1S/C17H19BrFNO/c1-3-17(11-21,13-4-6-14(18)7-5-13)20-16-9-12(2)8-15(19)10-16/h4-10,20-21H,3,11H2,1-2H3. The van der Waals surface area contributed by atoms with E-state index in [9.17, 15) is 9.50 Å². The molecular weight excluding hydrogens is 333 g/mol. The Morgan fingerprint density at radius 2 is 1.86 bits per heavy atom. The summed E-state index contributed by atoms with van der Waals surface area (Å²) in [5.41, 5.74) is 1.86. The number of aliphatic hydroxyl groups is 1. The second-order valence-corrected chi connectivity index (χ2v) is 6.16. The highest BCUT2D eigenvalue weighted by molar-refractivity contribution is 9.10. The van der Waals surface area contributed by atoms with E-state index in [1.54, 1.807) is 0 Å². The molecule has 0 spiro atoms. The Labute approximate surface area is 133 Å². The molecular formula is C17H19BrFNO. The Bertz CT molecular complexity index is 588.